The van der Waals surface area contributed by atoms with E-state index in [1.165, 1.54) is 0 Å². The minimum atomic E-state index is -0.316. The van der Waals surface area contributed by atoms with E-state index in [1.807, 2.05) is 24.0 Å². The smallest absolute Gasteiger partial charge is 0.296 e. The van der Waals surface area contributed by atoms with Gasteiger partial charge in [-0.25, -0.2) is 0 Å². The average molecular weight is 320 g/mol. The van der Waals surface area contributed by atoms with Crippen molar-refractivity contribution in [2.45, 2.75) is 32.7 Å². The van der Waals surface area contributed by atoms with Gasteiger partial charge in [0, 0.05) is 22.9 Å². The summed E-state index contributed by atoms with van der Waals surface area (Å²) in [6.07, 6.45) is 2.66. The molecular weight excluding hydrogens is 304 g/mol. The largest absolute Gasteiger partial charge is 0.336 e. The molecule has 1 saturated carbocycles. The Bertz CT molecular complexity index is 959. The number of amides is 2. The molecule has 3 aliphatic rings. The molecule has 0 radical (unpaired) electrons. The Balaban J connectivity index is 1.63. The third kappa shape index (κ3) is 1.79. The van der Waals surface area contributed by atoms with Crippen LogP contribution in [0.1, 0.15) is 41.4 Å². The molecule has 3 heterocycles. The molecule has 1 aromatic heterocycles. The van der Waals surface area contributed by atoms with Crippen molar-refractivity contribution in [2.75, 3.05) is 6.54 Å². The lowest BCUT2D eigenvalue weighted by Gasteiger charge is -2.31. The number of aromatic nitrogens is 1. The summed E-state index contributed by atoms with van der Waals surface area (Å²) < 4.78 is 0. The van der Waals surface area contributed by atoms with Gasteiger partial charge in [0.1, 0.15) is 5.69 Å². The topological polar surface area (TPSA) is 75.0 Å². The van der Waals surface area contributed by atoms with Gasteiger partial charge in [-0.1, -0.05) is 13.0 Å². The van der Waals surface area contributed by atoms with Crippen LogP contribution in [0, 0.1) is 5.41 Å². The first-order valence-electron chi connectivity index (χ1n) is 8.27. The SMILES string of the molecule is CC1(C(=O)N2CCc3c(nc4cccc5c4c3N=NC5=O)C2)CC1. The van der Waals surface area contributed by atoms with Crippen LogP contribution in [0.4, 0.5) is 5.69 Å². The minimum absolute atomic E-state index is 0.165. The van der Waals surface area contributed by atoms with Crippen LogP contribution >= 0.6 is 0 Å². The highest BCUT2D eigenvalue weighted by Crippen LogP contribution is 2.47. The first kappa shape index (κ1) is 13.8. The number of rotatable bonds is 1. The second-order valence-corrected chi connectivity index (χ2v) is 7.13. The fourth-order valence-corrected chi connectivity index (χ4v) is 3.68. The lowest BCUT2D eigenvalue weighted by molar-refractivity contribution is -0.137. The normalized spacial score (nSPS) is 20.2. The van der Waals surface area contributed by atoms with Crippen LogP contribution in [0.3, 0.4) is 0 Å². The van der Waals surface area contributed by atoms with Gasteiger partial charge in [-0.15, -0.1) is 10.2 Å². The van der Waals surface area contributed by atoms with Crippen LogP contribution in [0.5, 0.6) is 0 Å². The van der Waals surface area contributed by atoms with Gasteiger partial charge in [-0.3, -0.25) is 14.6 Å². The summed E-state index contributed by atoms with van der Waals surface area (Å²) in [5.41, 5.74) is 3.82. The highest BCUT2D eigenvalue weighted by atomic mass is 16.2. The van der Waals surface area contributed by atoms with E-state index in [0.717, 1.165) is 40.7 Å². The maximum atomic E-state index is 12.6. The van der Waals surface area contributed by atoms with Crippen molar-refractivity contribution in [3.8, 4) is 0 Å². The number of pyridine rings is 1. The molecule has 6 nitrogen and oxygen atoms in total. The highest BCUT2D eigenvalue weighted by molar-refractivity contribution is 6.12. The second-order valence-electron chi connectivity index (χ2n) is 7.13. The van der Waals surface area contributed by atoms with Gasteiger partial charge in [-0.05, 0) is 31.4 Å². The van der Waals surface area contributed by atoms with E-state index in [2.05, 4.69) is 10.2 Å². The number of hydrogen-bond acceptors (Lipinski definition) is 4. The zero-order valence-electron chi connectivity index (χ0n) is 13.4. The van der Waals surface area contributed by atoms with Crippen molar-refractivity contribution >= 4 is 28.4 Å². The Labute approximate surface area is 138 Å². The predicted molar refractivity (Wildman–Crippen MR) is 87.1 cm³/mol. The molecule has 120 valence electrons. The number of benzene rings is 1. The van der Waals surface area contributed by atoms with Gasteiger partial charge in [0.25, 0.3) is 5.91 Å². The zero-order valence-corrected chi connectivity index (χ0v) is 13.4. The zero-order chi connectivity index (χ0) is 16.5. The lowest BCUT2D eigenvalue weighted by atomic mass is 9.95. The summed E-state index contributed by atoms with van der Waals surface area (Å²) in [5, 5.41) is 8.75. The molecule has 0 saturated heterocycles. The number of azo groups is 1. The summed E-state index contributed by atoms with van der Waals surface area (Å²) in [7, 11) is 0. The van der Waals surface area contributed by atoms with E-state index < -0.39 is 0 Å². The fourth-order valence-electron chi connectivity index (χ4n) is 3.68. The molecule has 6 heteroatoms. The predicted octanol–water partition coefficient (Wildman–Crippen LogP) is 3.16. The molecule has 5 rings (SSSR count). The molecule has 1 aromatic carbocycles. The third-order valence-electron chi connectivity index (χ3n) is 5.42. The first-order chi connectivity index (χ1) is 11.6. The number of carbonyl (C=O) groups excluding carboxylic acids is 2. The summed E-state index contributed by atoms with van der Waals surface area (Å²) in [6, 6.07) is 5.48. The summed E-state index contributed by atoms with van der Waals surface area (Å²) in [5.74, 6) is -0.0848. The second kappa shape index (κ2) is 4.47. The molecular formula is C18H16N4O2. The van der Waals surface area contributed by atoms with Crippen LogP contribution in [0.2, 0.25) is 0 Å². The summed E-state index contributed by atoms with van der Waals surface area (Å²) in [4.78, 5) is 31.2. The minimum Gasteiger partial charge on any atom is -0.336 e. The molecule has 1 aliphatic carbocycles. The van der Waals surface area contributed by atoms with Gasteiger partial charge in [-0.2, -0.15) is 0 Å². The van der Waals surface area contributed by atoms with E-state index in [4.69, 9.17) is 4.98 Å². The van der Waals surface area contributed by atoms with Crippen LogP contribution in [0.15, 0.2) is 28.4 Å². The maximum absolute atomic E-state index is 12.6. The molecule has 2 amide bonds. The number of fused-ring (bicyclic) bond motifs is 2. The van der Waals surface area contributed by atoms with Gasteiger partial charge in [0.15, 0.2) is 0 Å². The van der Waals surface area contributed by atoms with Crippen LogP contribution < -0.4 is 0 Å². The average Bonchev–Trinajstić information content (AvgIpc) is 3.35. The molecule has 0 spiro atoms. The van der Waals surface area contributed by atoms with Crippen molar-refractivity contribution in [1.82, 2.24) is 9.88 Å². The Morgan fingerprint density at radius 2 is 2.08 bits per heavy atom. The Kier molecular flexibility index (Phi) is 2.56. The summed E-state index contributed by atoms with van der Waals surface area (Å²) >= 11 is 0. The van der Waals surface area contributed by atoms with Gasteiger partial charge < -0.3 is 4.90 Å². The van der Waals surface area contributed by atoms with Gasteiger partial charge >= 0.3 is 0 Å². The van der Waals surface area contributed by atoms with Gasteiger partial charge in [0.05, 0.1) is 23.3 Å². The quantitative estimate of drug-likeness (QED) is 0.810. The molecule has 2 aliphatic heterocycles. The standard InChI is InChI=1S/C18H16N4O2/c1-18(6-7-18)17(24)22-8-5-10-13(9-22)19-12-4-2-3-11-14(12)15(10)20-21-16(11)23/h2-4H,5-9H2,1H3. The van der Waals surface area contributed by atoms with Crippen molar-refractivity contribution in [1.29, 1.82) is 0 Å². The van der Waals surface area contributed by atoms with Crippen molar-refractivity contribution in [3.05, 3.63) is 35.0 Å². The number of hydrogen-bond donors (Lipinski definition) is 0. The third-order valence-corrected chi connectivity index (χ3v) is 5.42. The lowest BCUT2D eigenvalue weighted by Crippen LogP contribution is -2.40. The van der Waals surface area contributed by atoms with Crippen LogP contribution in [-0.2, 0) is 17.8 Å². The number of carbonyl (C=O) groups is 2. The maximum Gasteiger partial charge on any atom is 0.296 e. The fraction of sp³-hybridized carbons (Fsp3) is 0.389. The number of nitrogens with zero attached hydrogens (tertiary/aromatic N) is 4. The molecule has 24 heavy (non-hydrogen) atoms. The highest BCUT2D eigenvalue weighted by Gasteiger charge is 2.47. The molecule has 2 aromatic rings. The van der Waals surface area contributed by atoms with E-state index in [0.29, 0.717) is 25.1 Å². The van der Waals surface area contributed by atoms with Crippen LogP contribution in [0.25, 0.3) is 10.9 Å². The Hall–Kier alpha value is -2.63. The first-order valence-corrected chi connectivity index (χ1v) is 8.27. The molecule has 0 bridgehead atoms. The molecule has 0 atom stereocenters. The van der Waals surface area contributed by atoms with Crippen LogP contribution in [-0.4, -0.2) is 28.2 Å². The van der Waals surface area contributed by atoms with Crippen molar-refractivity contribution in [2.24, 2.45) is 15.6 Å². The Morgan fingerprint density at radius 1 is 1.25 bits per heavy atom. The van der Waals surface area contributed by atoms with Gasteiger partial charge in [0.2, 0.25) is 5.91 Å². The molecule has 0 unspecified atom stereocenters. The Morgan fingerprint density at radius 3 is 2.88 bits per heavy atom. The van der Waals surface area contributed by atoms with Crippen molar-refractivity contribution < 1.29 is 9.59 Å². The van der Waals surface area contributed by atoms with Crippen molar-refractivity contribution in [3.63, 3.8) is 0 Å². The van der Waals surface area contributed by atoms with E-state index in [1.54, 1.807) is 6.07 Å². The van der Waals surface area contributed by atoms with E-state index in [-0.39, 0.29) is 17.2 Å². The summed E-state index contributed by atoms with van der Waals surface area (Å²) in [6.45, 7) is 3.22. The van der Waals surface area contributed by atoms with E-state index in [9.17, 15) is 9.59 Å². The monoisotopic (exact) mass is 320 g/mol. The van der Waals surface area contributed by atoms with E-state index >= 15 is 0 Å². The molecule has 0 N–H and O–H groups in total. The molecule has 1 fully saturated rings.